The number of ether oxygens (including phenoxy) is 1. The molecule has 0 spiro atoms. The highest BCUT2D eigenvalue weighted by Gasteiger charge is 2.39. The first-order valence-corrected chi connectivity index (χ1v) is 3.26. The van der Waals surface area contributed by atoms with Crippen LogP contribution in [0.1, 0.15) is 13.8 Å². The lowest BCUT2D eigenvalue weighted by atomic mass is 10.1. The second kappa shape index (κ2) is 2.32. The molecule has 0 saturated heterocycles. The monoisotopic (exact) mass is 158 g/mol. The van der Waals surface area contributed by atoms with Gasteiger partial charge >= 0.3 is 5.97 Å². The van der Waals surface area contributed by atoms with Gasteiger partial charge < -0.3 is 14.9 Å². The van der Waals surface area contributed by atoms with Crippen LogP contribution in [0.25, 0.3) is 0 Å². The Labute approximate surface area is 64.1 Å². The third kappa shape index (κ3) is 1.15. The molecular formula is C7H10O4. The van der Waals surface area contributed by atoms with E-state index < -0.39 is 11.8 Å². The lowest BCUT2D eigenvalue weighted by Crippen LogP contribution is -2.28. The van der Waals surface area contributed by atoms with E-state index in [-0.39, 0.29) is 17.8 Å². The van der Waals surface area contributed by atoms with Crippen LogP contribution < -0.4 is 0 Å². The van der Waals surface area contributed by atoms with Crippen LogP contribution in [-0.2, 0) is 9.53 Å². The summed E-state index contributed by atoms with van der Waals surface area (Å²) < 4.78 is 4.55. The summed E-state index contributed by atoms with van der Waals surface area (Å²) >= 11 is 0. The highest BCUT2D eigenvalue weighted by atomic mass is 16.7. The van der Waals surface area contributed by atoms with Crippen LogP contribution in [0.4, 0.5) is 0 Å². The van der Waals surface area contributed by atoms with E-state index in [2.05, 4.69) is 4.74 Å². The summed E-state index contributed by atoms with van der Waals surface area (Å²) in [5.41, 5.74) is 0.528. The topological polar surface area (TPSA) is 66.8 Å². The maximum absolute atomic E-state index is 10.8. The van der Waals surface area contributed by atoms with E-state index in [9.17, 15) is 9.90 Å². The molecule has 0 amide bonds. The van der Waals surface area contributed by atoms with Crippen LogP contribution in [0.15, 0.2) is 11.1 Å². The molecule has 0 saturated carbocycles. The fourth-order valence-corrected chi connectivity index (χ4v) is 1.06. The van der Waals surface area contributed by atoms with E-state index >= 15 is 0 Å². The van der Waals surface area contributed by atoms with Crippen molar-refractivity contribution in [3.63, 3.8) is 0 Å². The van der Waals surface area contributed by atoms with Gasteiger partial charge in [0, 0.05) is 18.1 Å². The van der Waals surface area contributed by atoms with E-state index in [0.717, 1.165) is 0 Å². The summed E-state index contributed by atoms with van der Waals surface area (Å²) in [4.78, 5) is 10.8. The molecule has 1 aliphatic heterocycles. The molecule has 0 fully saturated rings. The van der Waals surface area contributed by atoms with Crippen molar-refractivity contribution >= 4 is 5.97 Å². The SMILES string of the molecule is CC1=C(CO)[C@@](C)(O)OC1=O. The van der Waals surface area contributed by atoms with Crippen LogP contribution in [0.2, 0.25) is 0 Å². The molecule has 0 aliphatic carbocycles. The van der Waals surface area contributed by atoms with E-state index in [1.807, 2.05) is 0 Å². The highest BCUT2D eigenvalue weighted by Crippen LogP contribution is 2.29. The van der Waals surface area contributed by atoms with Gasteiger partial charge in [0.25, 0.3) is 0 Å². The number of hydrogen-bond acceptors (Lipinski definition) is 4. The maximum Gasteiger partial charge on any atom is 0.336 e. The minimum Gasteiger partial charge on any atom is -0.426 e. The Balaban J connectivity index is 3.06. The summed E-state index contributed by atoms with van der Waals surface area (Å²) in [5, 5.41) is 18.1. The Kier molecular flexibility index (Phi) is 1.74. The maximum atomic E-state index is 10.8. The smallest absolute Gasteiger partial charge is 0.336 e. The lowest BCUT2D eigenvalue weighted by molar-refractivity contribution is -0.176. The molecule has 1 aliphatic rings. The van der Waals surface area contributed by atoms with Gasteiger partial charge in [0.15, 0.2) is 0 Å². The van der Waals surface area contributed by atoms with Crippen molar-refractivity contribution in [3.8, 4) is 0 Å². The third-order valence-corrected chi connectivity index (χ3v) is 1.77. The summed E-state index contributed by atoms with van der Waals surface area (Å²) in [6.07, 6.45) is 0. The molecule has 1 heterocycles. The fourth-order valence-electron chi connectivity index (χ4n) is 1.06. The van der Waals surface area contributed by atoms with Crippen LogP contribution in [0, 0.1) is 0 Å². The van der Waals surface area contributed by atoms with Gasteiger partial charge in [-0.15, -0.1) is 0 Å². The number of cyclic esters (lactones) is 1. The van der Waals surface area contributed by atoms with E-state index in [1.54, 1.807) is 0 Å². The average molecular weight is 158 g/mol. The largest absolute Gasteiger partial charge is 0.426 e. The third-order valence-electron chi connectivity index (χ3n) is 1.77. The summed E-state index contributed by atoms with van der Waals surface area (Å²) in [7, 11) is 0. The lowest BCUT2D eigenvalue weighted by Gasteiger charge is -2.17. The van der Waals surface area contributed by atoms with Gasteiger partial charge in [-0.2, -0.15) is 0 Å². The first-order chi connectivity index (χ1) is 4.99. The molecule has 11 heavy (non-hydrogen) atoms. The van der Waals surface area contributed by atoms with Gasteiger partial charge in [-0.3, -0.25) is 0 Å². The van der Waals surface area contributed by atoms with E-state index in [1.165, 1.54) is 13.8 Å². The van der Waals surface area contributed by atoms with Gasteiger partial charge in [-0.05, 0) is 6.92 Å². The number of aliphatic hydroxyl groups is 2. The van der Waals surface area contributed by atoms with Crippen LogP contribution in [-0.4, -0.2) is 28.6 Å². The number of rotatable bonds is 1. The van der Waals surface area contributed by atoms with Crippen LogP contribution in [0.3, 0.4) is 0 Å². The van der Waals surface area contributed by atoms with Crippen molar-refractivity contribution in [3.05, 3.63) is 11.1 Å². The second-order valence-electron chi connectivity index (χ2n) is 2.63. The molecule has 4 nitrogen and oxygen atoms in total. The van der Waals surface area contributed by atoms with Crippen molar-refractivity contribution in [2.75, 3.05) is 6.61 Å². The summed E-state index contributed by atoms with van der Waals surface area (Å²) in [5.74, 6) is -2.19. The second-order valence-corrected chi connectivity index (χ2v) is 2.63. The number of aliphatic hydroxyl groups excluding tert-OH is 1. The van der Waals surface area contributed by atoms with Gasteiger partial charge in [-0.1, -0.05) is 0 Å². The normalized spacial score (nSPS) is 31.1. The first kappa shape index (κ1) is 8.23. The quantitative estimate of drug-likeness (QED) is 0.508. The number of carbonyl (C=O) groups is 1. The minimum absolute atomic E-state index is 0.238. The van der Waals surface area contributed by atoms with Crippen molar-refractivity contribution in [2.24, 2.45) is 0 Å². The summed E-state index contributed by atoms with van der Waals surface area (Å²) in [6, 6.07) is 0. The van der Waals surface area contributed by atoms with Crippen molar-refractivity contribution in [1.82, 2.24) is 0 Å². The molecule has 1 rings (SSSR count). The Morgan fingerprint density at radius 1 is 1.64 bits per heavy atom. The van der Waals surface area contributed by atoms with E-state index in [4.69, 9.17) is 5.11 Å². The molecule has 4 heteroatoms. The zero-order valence-corrected chi connectivity index (χ0v) is 6.42. The van der Waals surface area contributed by atoms with Crippen molar-refractivity contribution in [2.45, 2.75) is 19.6 Å². The van der Waals surface area contributed by atoms with Crippen LogP contribution in [0.5, 0.6) is 0 Å². The predicted octanol–water partition coefficient (Wildman–Crippen LogP) is -0.440. The number of hydrogen-bond donors (Lipinski definition) is 2. The zero-order valence-electron chi connectivity index (χ0n) is 6.42. The Morgan fingerprint density at radius 3 is 2.36 bits per heavy atom. The number of esters is 1. The molecule has 1 atom stereocenters. The van der Waals surface area contributed by atoms with Crippen molar-refractivity contribution in [1.29, 1.82) is 0 Å². The van der Waals surface area contributed by atoms with Crippen LogP contribution >= 0.6 is 0 Å². The molecule has 0 aromatic rings. The van der Waals surface area contributed by atoms with Gasteiger partial charge in [0.2, 0.25) is 5.79 Å². The molecule has 0 aromatic carbocycles. The van der Waals surface area contributed by atoms with Crippen molar-refractivity contribution < 1.29 is 19.7 Å². The molecule has 0 bridgehead atoms. The highest BCUT2D eigenvalue weighted by molar-refractivity contribution is 5.92. The Hall–Kier alpha value is -0.870. The Morgan fingerprint density at radius 2 is 2.18 bits per heavy atom. The average Bonchev–Trinajstić information content (AvgIpc) is 2.03. The molecule has 2 N–H and O–H groups in total. The first-order valence-electron chi connectivity index (χ1n) is 3.26. The standard InChI is InChI=1S/C7H10O4/c1-4-5(3-8)7(2,10)11-6(4)9/h8,10H,3H2,1-2H3/t7-/m0/s1. The number of carbonyl (C=O) groups excluding carboxylic acids is 1. The molecular weight excluding hydrogens is 148 g/mol. The molecule has 0 unspecified atom stereocenters. The van der Waals surface area contributed by atoms with Gasteiger partial charge in [-0.25, -0.2) is 4.79 Å². The molecule has 0 radical (unpaired) electrons. The Bertz CT molecular complexity index is 227. The van der Waals surface area contributed by atoms with E-state index in [0.29, 0.717) is 0 Å². The molecule has 62 valence electrons. The summed E-state index contributed by atoms with van der Waals surface area (Å²) in [6.45, 7) is 2.48. The zero-order chi connectivity index (χ0) is 8.65. The minimum atomic E-state index is -1.62. The fraction of sp³-hybridized carbons (Fsp3) is 0.571. The van der Waals surface area contributed by atoms with Gasteiger partial charge in [0.05, 0.1) is 6.61 Å². The van der Waals surface area contributed by atoms with Gasteiger partial charge in [0.1, 0.15) is 0 Å². The molecule has 0 aromatic heterocycles. The predicted molar refractivity (Wildman–Crippen MR) is 36.5 cm³/mol.